The van der Waals surface area contributed by atoms with Crippen molar-refractivity contribution in [3.8, 4) is 0 Å². The van der Waals surface area contributed by atoms with Crippen molar-refractivity contribution in [3.05, 3.63) is 34.0 Å². The molecule has 8 heteroatoms. The number of hydrogen-bond donors (Lipinski definition) is 1. The first-order chi connectivity index (χ1) is 12.9. The van der Waals surface area contributed by atoms with Gasteiger partial charge in [0.25, 0.3) is 5.91 Å². The number of aryl methyl sites for hydroxylation is 2. The van der Waals surface area contributed by atoms with Crippen molar-refractivity contribution in [2.24, 2.45) is 5.41 Å². The fourth-order valence-corrected chi connectivity index (χ4v) is 4.21. The van der Waals surface area contributed by atoms with Crippen LogP contribution in [0.1, 0.15) is 47.1 Å². The van der Waals surface area contributed by atoms with Crippen LogP contribution in [-0.2, 0) is 17.8 Å². The van der Waals surface area contributed by atoms with E-state index in [1.54, 1.807) is 27.0 Å². The van der Waals surface area contributed by atoms with Crippen molar-refractivity contribution >= 4 is 23.2 Å². The second-order valence-electron chi connectivity index (χ2n) is 7.32. The van der Waals surface area contributed by atoms with Gasteiger partial charge in [0.2, 0.25) is 5.91 Å². The Morgan fingerprint density at radius 3 is 2.89 bits per heavy atom. The van der Waals surface area contributed by atoms with E-state index in [2.05, 4.69) is 15.4 Å². The topological polar surface area (TPSA) is 80.1 Å². The molecule has 7 nitrogen and oxygen atoms in total. The van der Waals surface area contributed by atoms with Crippen LogP contribution in [0, 0.1) is 12.3 Å². The summed E-state index contributed by atoms with van der Waals surface area (Å²) >= 11 is 1.66. The van der Waals surface area contributed by atoms with Gasteiger partial charge in [0.1, 0.15) is 5.69 Å². The number of hydrogen-bond acceptors (Lipinski definition) is 5. The number of amides is 2. The SMILES string of the molecule is CCn1ccc(C(=O)N2CCC[C@](C)(C(=O)NCCc3ncc(C)s3)C2)n1. The lowest BCUT2D eigenvalue weighted by Gasteiger charge is -2.39. The molecule has 1 saturated heterocycles. The summed E-state index contributed by atoms with van der Waals surface area (Å²) in [6, 6.07) is 1.74. The van der Waals surface area contributed by atoms with Crippen LogP contribution in [0.4, 0.5) is 0 Å². The maximum atomic E-state index is 12.8. The Balaban J connectivity index is 1.57. The highest BCUT2D eigenvalue weighted by atomic mass is 32.1. The zero-order chi connectivity index (χ0) is 19.4. The normalized spacial score (nSPS) is 19.9. The molecule has 2 aromatic heterocycles. The Morgan fingerprint density at radius 1 is 1.41 bits per heavy atom. The molecule has 1 aliphatic heterocycles. The zero-order valence-electron chi connectivity index (χ0n) is 16.2. The lowest BCUT2D eigenvalue weighted by atomic mass is 9.80. The highest BCUT2D eigenvalue weighted by molar-refractivity contribution is 7.11. The van der Waals surface area contributed by atoms with E-state index < -0.39 is 5.41 Å². The number of aromatic nitrogens is 3. The Morgan fingerprint density at radius 2 is 2.22 bits per heavy atom. The minimum Gasteiger partial charge on any atom is -0.355 e. The Hall–Kier alpha value is -2.22. The molecule has 0 aromatic carbocycles. The van der Waals surface area contributed by atoms with Crippen LogP contribution >= 0.6 is 11.3 Å². The van der Waals surface area contributed by atoms with Gasteiger partial charge in [0.15, 0.2) is 0 Å². The fraction of sp³-hybridized carbons (Fsp3) is 0.579. The van der Waals surface area contributed by atoms with Crippen LogP contribution in [0.2, 0.25) is 0 Å². The van der Waals surface area contributed by atoms with Gasteiger partial charge in [-0.1, -0.05) is 0 Å². The minimum atomic E-state index is -0.569. The predicted octanol–water partition coefficient (Wildman–Crippen LogP) is 2.27. The van der Waals surface area contributed by atoms with Crippen LogP contribution in [0.15, 0.2) is 18.5 Å². The summed E-state index contributed by atoms with van der Waals surface area (Å²) in [6.07, 6.45) is 5.99. The molecule has 0 aliphatic carbocycles. The number of rotatable bonds is 6. The maximum absolute atomic E-state index is 12.8. The first-order valence-corrected chi connectivity index (χ1v) is 10.3. The van der Waals surface area contributed by atoms with Gasteiger partial charge >= 0.3 is 0 Å². The van der Waals surface area contributed by atoms with Gasteiger partial charge in [-0.05, 0) is 39.7 Å². The van der Waals surface area contributed by atoms with Crippen molar-refractivity contribution in [1.82, 2.24) is 25.0 Å². The van der Waals surface area contributed by atoms with Crippen molar-refractivity contribution < 1.29 is 9.59 Å². The van der Waals surface area contributed by atoms with Gasteiger partial charge in [-0.3, -0.25) is 14.3 Å². The number of nitrogens with zero attached hydrogens (tertiary/aromatic N) is 4. The summed E-state index contributed by atoms with van der Waals surface area (Å²) in [5.74, 6) is -0.0912. The molecular formula is C19H27N5O2S. The third-order valence-electron chi connectivity index (χ3n) is 5.01. The molecule has 1 aliphatic rings. The molecule has 1 atom stereocenters. The molecule has 0 unspecified atom stereocenters. The molecule has 0 spiro atoms. The lowest BCUT2D eigenvalue weighted by molar-refractivity contribution is -0.132. The number of thiazole rings is 1. The van der Waals surface area contributed by atoms with Gasteiger partial charge in [-0.25, -0.2) is 4.98 Å². The molecule has 146 valence electrons. The van der Waals surface area contributed by atoms with E-state index in [-0.39, 0.29) is 11.8 Å². The summed E-state index contributed by atoms with van der Waals surface area (Å²) < 4.78 is 1.74. The van der Waals surface area contributed by atoms with Crippen LogP contribution in [0.5, 0.6) is 0 Å². The Labute approximate surface area is 163 Å². The first kappa shape index (κ1) is 19.5. The summed E-state index contributed by atoms with van der Waals surface area (Å²) in [5, 5.41) is 8.37. The molecule has 3 heterocycles. The standard InChI is InChI=1S/C19H27N5O2S/c1-4-24-11-7-15(22-24)17(25)23-10-5-8-19(3,13-23)18(26)20-9-6-16-21-12-14(2)27-16/h7,11-12H,4-6,8-10,13H2,1-3H3,(H,20,26)/t19-/m0/s1. The van der Waals surface area contributed by atoms with Crippen molar-refractivity contribution in [2.75, 3.05) is 19.6 Å². The largest absolute Gasteiger partial charge is 0.355 e. The minimum absolute atomic E-state index is 0.00682. The second kappa shape index (κ2) is 8.21. The monoisotopic (exact) mass is 389 g/mol. The molecule has 27 heavy (non-hydrogen) atoms. The third-order valence-corrected chi connectivity index (χ3v) is 5.98. The van der Waals surface area contributed by atoms with E-state index in [0.717, 1.165) is 30.8 Å². The zero-order valence-corrected chi connectivity index (χ0v) is 17.0. The van der Waals surface area contributed by atoms with Crippen LogP contribution in [0.25, 0.3) is 0 Å². The third kappa shape index (κ3) is 4.55. The molecule has 3 rings (SSSR count). The van der Waals surface area contributed by atoms with E-state index >= 15 is 0 Å². The summed E-state index contributed by atoms with van der Waals surface area (Å²) in [7, 11) is 0. The smallest absolute Gasteiger partial charge is 0.274 e. The van der Waals surface area contributed by atoms with Gasteiger partial charge in [0.05, 0.1) is 10.4 Å². The number of carbonyl (C=O) groups is 2. The van der Waals surface area contributed by atoms with E-state index in [9.17, 15) is 9.59 Å². The second-order valence-corrected chi connectivity index (χ2v) is 8.64. The average Bonchev–Trinajstić information content (AvgIpc) is 3.30. The van der Waals surface area contributed by atoms with E-state index in [1.807, 2.05) is 33.2 Å². The molecule has 0 bridgehead atoms. The first-order valence-electron chi connectivity index (χ1n) is 9.43. The number of carbonyl (C=O) groups excluding carboxylic acids is 2. The predicted molar refractivity (Wildman–Crippen MR) is 105 cm³/mol. The fourth-order valence-electron chi connectivity index (χ4n) is 3.43. The molecule has 0 radical (unpaired) electrons. The molecule has 0 saturated carbocycles. The van der Waals surface area contributed by atoms with Gasteiger partial charge in [-0.2, -0.15) is 5.10 Å². The van der Waals surface area contributed by atoms with Gasteiger partial charge < -0.3 is 10.2 Å². The molecule has 2 aromatic rings. The number of piperidine rings is 1. The average molecular weight is 390 g/mol. The van der Waals surface area contributed by atoms with Crippen LogP contribution in [0.3, 0.4) is 0 Å². The Kier molecular flexibility index (Phi) is 5.94. The van der Waals surface area contributed by atoms with Crippen molar-refractivity contribution in [3.63, 3.8) is 0 Å². The molecule has 1 fully saturated rings. The van der Waals surface area contributed by atoms with E-state index in [1.165, 1.54) is 4.88 Å². The van der Waals surface area contributed by atoms with Gasteiger partial charge in [-0.15, -0.1) is 11.3 Å². The highest BCUT2D eigenvalue weighted by Crippen LogP contribution is 2.30. The maximum Gasteiger partial charge on any atom is 0.274 e. The molecule has 1 N–H and O–H groups in total. The number of likely N-dealkylation sites (tertiary alicyclic amines) is 1. The summed E-state index contributed by atoms with van der Waals surface area (Å²) in [4.78, 5) is 32.8. The van der Waals surface area contributed by atoms with Crippen molar-refractivity contribution in [2.45, 2.75) is 46.6 Å². The quantitative estimate of drug-likeness (QED) is 0.822. The van der Waals surface area contributed by atoms with E-state index in [4.69, 9.17) is 0 Å². The lowest BCUT2D eigenvalue weighted by Crippen LogP contribution is -2.52. The number of nitrogens with one attached hydrogen (secondary N) is 1. The van der Waals surface area contributed by atoms with Gasteiger partial charge in [0, 0.05) is 49.9 Å². The Bertz CT molecular complexity index is 815. The highest BCUT2D eigenvalue weighted by Gasteiger charge is 2.39. The van der Waals surface area contributed by atoms with Crippen LogP contribution < -0.4 is 5.32 Å². The molecular weight excluding hydrogens is 362 g/mol. The molecule has 2 amide bonds. The summed E-state index contributed by atoms with van der Waals surface area (Å²) in [6.45, 7) is 8.34. The van der Waals surface area contributed by atoms with Crippen LogP contribution in [-0.4, -0.2) is 51.1 Å². The summed E-state index contributed by atoms with van der Waals surface area (Å²) in [5.41, 5.74) is -0.124. The van der Waals surface area contributed by atoms with Crippen molar-refractivity contribution in [1.29, 1.82) is 0 Å². The van der Waals surface area contributed by atoms with E-state index in [0.29, 0.717) is 25.3 Å².